The van der Waals surface area contributed by atoms with E-state index in [1.54, 1.807) is 0 Å². The molecule has 0 aromatic heterocycles. The van der Waals surface area contributed by atoms with Crippen LogP contribution >= 0.6 is 11.6 Å². The summed E-state index contributed by atoms with van der Waals surface area (Å²) >= 11 is 5.95. The summed E-state index contributed by atoms with van der Waals surface area (Å²) in [5.74, 6) is 0.690. The van der Waals surface area contributed by atoms with Gasteiger partial charge in [0, 0.05) is 56.9 Å². The topological polar surface area (TPSA) is 56.1 Å². The first-order chi connectivity index (χ1) is 14.3. The molecule has 2 aliphatic heterocycles. The molecule has 1 atom stereocenters. The van der Waals surface area contributed by atoms with Gasteiger partial charge in [-0.15, -0.1) is 0 Å². The second-order valence-corrected chi connectivity index (χ2v) is 9.70. The largest absolute Gasteiger partial charge is 0.341 e. The summed E-state index contributed by atoms with van der Waals surface area (Å²) in [4.78, 5) is 17.3. The Kier molecular flexibility index (Phi) is 8.54. The average Bonchev–Trinajstić information content (AvgIpc) is 2.74. The van der Waals surface area contributed by atoms with Gasteiger partial charge in [-0.25, -0.2) is 10.0 Å². The molecule has 2 heterocycles. The number of hydrogen-bond donors (Lipinski definition) is 1. The van der Waals surface area contributed by atoms with Gasteiger partial charge in [0.1, 0.15) is 0 Å². The lowest BCUT2D eigenvalue weighted by Crippen LogP contribution is -2.59. The molecule has 7 heteroatoms. The molecule has 1 unspecified atom stereocenters. The fourth-order valence-electron chi connectivity index (χ4n) is 4.50. The molecular weight excluding hydrogens is 398 g/mol. The van der Waals surface area contributed by atoms with E-state index in [1.807, 2.05) is 29.2 Å². The summed E-state index contributed by atoms with van der Waals surface area (Å²) in [5.41, 5.74) is 7.31. The maximum atomic E-state index is 12.9. The molecule has 2 saturated heterocycles. The van der Waals surface area contributed by atoms with Crippen LogP contribution in [0.5, 0.6) is 0 Å². The van der Waals surface area contributed by atoms with Gasteiger partial charge in [-0.1, -0.05) is 37.6 Å². The zero-order valence-corrected chi connectivity index (χ0v) is 19.5. The first-order valence-electron chi connectivity index (χ1n) is 11.3. The Morgan fingerprint density at radius 1 is 1.10 bits per heavy atom. The van der Waals surface area contributed by atoms with Crippen molar-refractivity contribution in [2.24, 2.45) is 11.7 Å². The number of piperidine rings is 1. The molecule has 2 aliphatic rings. The minimum absolute atomic E-state index is 0.0680. The molecule has 0 radical (unpaired) electrons. The lowest BCUT2D eigenvalue weighted by molar-refractivity contribution is -0.137. The van der Waals surface area contributed by atoms with Crippen molar-refractivity contribution in [2.75, 3.05) is 52.9 Å². The van der Waals surface area contributed by atoms with E-state index in [0.717, 1.165) is 64.2 Å². The number of hydrazine groups is 1. The van der Waals surface area contributed by atoms with Crippen molar-refractivity contribution in [3.63, 3.8) is 0 Å². The van der Waals surface area contributed by atoms with E-state index in [0.29, 0.717) is 23.4 Å². The van der Waals surface area contributed by atoms with E-state index < -0.39 is 6.04 Å². The fourth-order valence-corrected chi connectivity index (χ4v) is 4.63. The summed E-state index contributed by atoms with van der Waals surface area (Å²) in [6.07, 6.45) is 2.58. The molecule has 0 bridgehead atoms. The van der Waals surface area contributed by atoms with Crippen molar-refractivity contribution in [2.45, 2.75) is 45.2 Å². The van der Waals surface area contributed by atoms with E-state index in [4.69, 9.17) is 17.3 Å². The quantitative estimate of drug-likeness (QED) is 0.712. The molecule has 1 aromatic rings. The number of amides is 1. The van der Waals surface area contributed by atoms with Gasteiger partial charge in [-0.3, -0.25) is 4.79 Å². The van der Waals surface area contributed by atoms with Crippen LogP contribution in [0.4, 0.5) is 0 Å². The van der Waals surface area contributed by atoms with Gasteiger partial charge in [-0.05, 0) is 49.9 Å². The number of halogens is 1. The van der Waals surface area contributed by atoms with Gasteiger partial charge in [0.15, 0.2) is 0 Å². The maximum Gasteiger partial charge on any atom is 0.239 e. The third-order valence-electron chi connectivity index (χ3n) is 6.28. The fraction of sp³-hybridized carbons (Fsp3) is 0.696. The van der Waals surface area contributed by atoms with Crippen molar-refractivity contribution in [3.8, 4) is 0 Å². The average molecular weight is 436 g/mol. The Labute approximate surface area is 186 Å². The van der Waals surface area contributed by atoms with E-state index in [2.05, 4.69) is 35.8 Å². The summed E-state index contributed by atoms with van der Waals surface area (Å²) in [6.45, 7) is 11.7. The van der Waals surface area contributed by atoms with Crippen molar-refractivity contribution < 1.29 is 4.79 Å². The van der Waals surface area contributed by atoms with Crippen LogP contribution in [0, 0.1) is 5.92 Å². The Bertz CT molecular complexity index is 667. The van der Waals surface area contributed by atoms with Crippen molar-refractivity contribution in [3.05, 3.63) is 34.9 Å². The third kappa shape index (κ3) is 6.41. The SMILES string of the molecule is CC(C)CN(C1CCN(C(=O)C(N)Cc2ccc(Cl)cc2)CC1)N1CCN(C)CC1. The standard InChI is InChI=1S/C23H38ClN5O/c1-18(2)17-29(28-14-12-26(3)13-15-28)21-8-10-27(11-9-21)23(30)22(25)16-19-4-6-20(24)7-5-19/h4-7,18,21-22H,8-17,25H2,1-3H3. The molecule has 2 fully saturated rings. The van der Waals surface area contributed by atoms with Crippen LogP contribution in [0.2, 0.25) is 5.02 Å². The number of benzene rings is 1. The van der Waals surface area contributed by atoms with E-state index in [9.17, 15) is 4.79 Å². The molecule has 168 valence electrons. The van der Waals surface area contributed by atoms with Crippen LogP contribution in [0.3, 0.4) is 0 Å². The van der Waals surface area contributed by atoms with Gasteiger partial charge in [0.25, 0.3) is 0 Å². The number of rotatable bonds is 7. The number of nitrogens with two attached hydrogens (primary N) is 1. The minimum Gasteiger partial charge on any atom is -0.341 e. The molecule has 3 rings (SSSR count). The highest BCUT2D eigenvalue weighted by molar-refractivity contribution is 6.30. The summed E-state index contributed by atoms with van der Waals surface area (Å²) in [6, 6.07) is 7.60. The van der Waals surface area contributed by atoms with Crippen molar-refractivity contribution >= 4 is 17.5 Å². The Balaban J connectivity index is 1.53. The van der Waals surface area contributed by atoms with Crippen molar-refractivity contribution in [1.82, 2.24) is 19.8 Å². The van der Waals surface area contributed by atoms with Gasteiger partial charge in [-0.2, -0.15) is 0 Å². The molecule has 30 heavy (non-hydrogen) atoms. The summed E-state index contributed by atoms with van der Waals surface area (Å²) in [5, 5.41) is 5.86. The van der Waals surface area contributed by atoms with E-state index in [-0.39, 0.29) is 5.91 Å². The zero-order chi connectivity index (χ0) is 21.7. The highest BCUT2D eigenvalue weighted by atomic mass is 35.5. The first-order valence-corrected chi connectivity index (χ1v) is 11.7. The predicted molar refractivity (Wildman–Crippen MR) is 123 cm³/mol. The monoisotopic (exact) mass is 435 g/mol. The number of likely N-dealkylation sites (tertiary alicyclic amines) is 1. The third-order valence-corrected chi connectivity index (χ3v) is 6.53. The van der Waals surface area contributed by atoms with E-state index in [1.165, 1.54) is 0 Å². The molecule has 6 nitrogen and oxygen atoms in total. The predicted octanol–water partition coefficient (Wildman–Crippen LogP) is 2.32. The molecule has 0 spiro atoms. The molecule has 1 aromatic carbocycles. The summed E-state index contributed by atoms with van der Waals surface area (Å²) in [7, 11) is 2.20. The van der Waals surface area contributed by atoms with Crippen LogP contribution in [-0.4, -0.2) is 90.7 Å². The van der Waals surface area contributed by atoms with Crippen LogP contribution in [0.15, 0.2) is 24.3 Å². The van der Waals surface area contributed by atoms with Crippen molar-refractivity contribution in [1.29, 1.82) is 0 Å². The Morgan fingerprint density at radius 3 is 2.27 bits per heavy atom. The Morgan fingerprint density at radius 2 is 1.70 bits per heavy atom. The van der Waals surface area contributed by atoms with Crippen LogP contribution < -0.4 is 5.73 Å². The van der Waals surface area contributed by atoms with Gasteiger partial charge < -0.3 is 15.5 Å². The maximum absolute atomic E-state index is 12.9. The first kappa shape index (κ1) is 23.5. The number of nitrogens with zero attached hydrogens (tertiary/aromatic N) is 4. The van der Waals surface area contributed by atoms with Crippen LogP contribution in [-0.2, 0) is 11.2 Å². The van der Waals surface area contributed by atoms with Gasteiger partial charge in [0.2, 0.25) is 5.91 Å². The van der Waals surface area contributed by atoms with E-state index >= 15 is 0 Å². The number of carbonyl (C=O) groups is 1. The second kappa shape index (κ2) is 10.9. The summed E-state index contributed by atoms with van der Waals surface area (Å²) < 4.78 is 0. The molecule has 1 amide bonds. The number of likely N-dealkylation sites (N-methyl/N-ethyl adjacent to an activating group) is 1. The van der Waals surface area contributed by atoms with Crippen LogP contribution in [0.25, 0.3) is 0 Å². The molecule has 0 aliphatic carbocycles. The zero-order valence-electron chi connectivity index (χ0n) is 18.8. The number of carbonyl (C=O) groups excluding carboxylic acids is 1. The highest BCUT2D eigenvalue weighted by Crippen LogP contribution is 2.22. The lowest BCUT2D eigenvalue weighted by atomic mass is 10.0. The number of piperazine rings is 1. The lowest BCUT2D eigenvalue weighted by Gasteiger charge is -2.47. The molecule has 2 N–H and O–H groups in total. The minimum atomic E-state index is -0.493. The Hall–Kier alpha value is -1.18. The number of hydrogen-bond acceptors (Lipinski definition) is 5. The second-order valence-electron chi connectivity index (χ2n) is 9.27. The normalized spacial score (nSPS) is 20.8. The molecule has 0 saturated carbocycles. The van der Waals surface area contributed by atoms with Crippen LogP contribution in [0.1, 0.15) is 32.3 Å². The smallest absolute Gasteiger partial charge is 0.239 e. The van der Waals surface area contributed by atoms with Gasteiger partial charge >= 0.3 is 0 Å². The highest BCUT2D eigenvalue weighted by Gasteiger charge is 2.32. The van der Waals surface area contributed by atoms with Gasteiger partial charge in [0.05, 0.1) is 6.04 Å². The molecular formula is C23H38ClN5O.